The van der Waals surface area contributed by atoms with Crippen LogP contribution in [0.2, 0.25) is 0 Å². The van der Waals surface area contributed by atoms with Crippen LogP contribution in [0, 0.1) is 6.92 Å². The van der Waals surface area contributed by atoms with Crippen LogP contribution in [-0.4, -0.2) is 11.5 Å². The molecule has 0 amide bonds. The van der Waals surface area contributed by atoms with Crippen LogP contribution in [0.4, 0.5) is 0 Å². The van der Waals surface area contributed by atoms with E-state index >= 15 is 0 Å². The third kappa shape index (κ3) is 2.51. The fourth-order valence-electron chi connectivity index (χ4n) is 0.874. The van der Waals surface area contributed by atoms with Crippen molar-refractivity contribution in [2.45, 2.75) is 6.92 Å². The van der Waals surface area contributed by atoms with Gasteiger partial charge < -0.3 is 5.73 Å². The van der Waals surface area contributed by atoms with Gasteiger partial charge in [-0.3, -0.25) is 4.98 Å². The van der Waals surface area contributed by atoms with E-state index in [2.05, 4.69) is 11.1 Å². The second kappa shape index (κ2) is 3.88. The van der Waals surface area contributed by atoms with Crippen LogP contribution in [0.1, 0.15) is 11.1 Å². The molecule has 0 aliphatic rings. The minimum Gasteiger partial charge on any atom is -0.327 e. The monoisotopic (exact) mass is 148 g/mol. The zero-order valence-electron chi connectivity index (χ0n) is 6.62. The first kappa shape index (κ1) is 7.95. The third-order valence-electron chi connectivity index (χ3n) is 1.34. The molecule has 1 rings (SSSR count). The lowest BCUT2D eigenvalue weighted by atomic mass is 10.2. The van der Waals surface area contributed by atoms with E-state index in [1.54, 1.807) is 0 Å². The molecule has 0 aliphatic heterocycles. The Labute approximate surface area is 66.8 Å². The van der Waals surface area contributed by atoms with Gasteiger partial charge in [0, 0.05) is 18.9 Å². The summed E-state index contributed by atoms with van der Waals surface area (Å²) in [5, 5.41) is 0. The molecule has 0 radical (unpaired) electrons. The first-order valence-corrected chi connectivity index (χ1v) is 3.61. The van der Waals surface area contributed by atoms with Gasteiger partial charge in [0.15, 0.2) is 0 Å². The van der Waals surface area contributed by atoms with Crippen molar-refractivity contribution < 1.29 is 0 Å². The van der Waals surface area contributed by atoms with Crippen molar-refractivity contribution in [2.75, 3.05) is 6.54 Å². The number of aryl methyl sites for hydroxylation is 1. The molecule has 2 N–H and O–H groups in total. The second-order valence-electron chi connectivity index (χ2n) is 2.43. The van der Waals surface area contributed by atoms with E-state index in [1.165, 1.54) is 5.56 Å². The summed E-state index contributed by atoms with van der Waals surface area (Å²) < 4.78 is 0. The lowest BCUT2D eigenvalue weighted by molar-refractivity contribution is 1.24. The van der Waals surface area contributed by atoms with Crippen molar-refractivity contribution in [1.82, 2.24) is 4.98 Å². The molecule has 0 saturated heterocycles. The average molecular weight is 148 g/mol. The predicted molar refractivity (Wildman–Crippen MR) is 47.1 cm³/mol. The van der Waals surface area contributed by atoms with Gasteiger partial charge in [-0.25, -0.2) is 0 Å². The second-order valence-corrected chi connectivity index (χ2v) is 2.43. The van der Waals surface area contributed by atoms with E-state index in [1.807, 2.05) is 31.5 Å². The van der Waals surface area contributed by atoms with E-state index < -0.39 is 0 Å². The van der Waals surface area contributed by atoms with E-state index in [0.29, 0.717) is 6.54 Å². The molecule has 11 heavy (non-hydrogen) atoms. The fraction of sp³-hybridized carbons (Fsp3) is 0.222. The Kier molecular flexibility index (Phi) is 2.81. The van der Waals surface area contributed by atoms with Crippen LogP contribution in [0.15, 0.2) is 24.5 Å². The molecule has 0 aromatic carbocycles. The normalized spacial score (nSPS) is 10.7. The lowest BCUT2D eigenvalue weighted by Gasteiger charge is -1.93. The number of nitrogens with zero attached hydrogens (tertiary/aromatic N) is 1. The summed E-state index contributed by atoms with van der Waals surface area (Å²) >= 11 is 0. The Bertz CT molecular complexity index is 253. The minimum atomic E-state index is 0.577. The van der Waals surface area contributed by atoms with Gasteiger partial charge in [-0.05, 0) is 24.1 Å². The Hall–Kier alpha value is -1.15. The summed E-state index contributed by atoms with van der Waals surface area (Å²) in [7, 11) is 0. The molecule has 1 aromatic rings. The number of aromatic nitrogens is 1. The molecule has 0 unspecified atom stereocenters. The van der Waals surface area contributed by atoms with E-state index in [9.17, 15) is 0 Å². The Morgan fingerprint density at radius 1 is 1.55 bits per heavy atom. The Morgan fingerprint density at radius 2 is 2.36 bits per heavy atom. The lowest BCUT2D eigenvalue weighted by Crippen LogP contribution is -1.92. The minimum absolute atomic E-state index is 0.577. The average Bonchev–Trinajstić information content (AvgIpc) is 2.01. The standard InChI is InChI=1S/C9H12N2/c1-8-5-9(3-2-4-10)7-11-6-8/h2-3,5-7H,4,10H2,1H3. The number of rotatable bonds is 2. The molecular weight excluding hydrogens is 136 g/mol. The largest absolute Gasteiger partial charge is 0.327 e. The van der Waals surface area contributed by atoms with Gasteiger partial charge in [0.2, 0.25) is 0 Å². The number of hydrogen-bond acceptors (Lipinski definition) is 2. The molecule has 0 saturated carbocycles. The molecule has 0 spiro atoms. The van der Waals surface area contributed by atoms with Crippen molar-refractivity contribution in [3.8, 4) is 0 Å². The molecule has 2 heteroatoms. The number of hydrogen-bond donors (Lipinski definition) is 1. The summed E-state index contributed by atoms with van der Waals surface area (Å²) in [6.45, 7) is 2.60. The molecule has 0 aliphatic carbocycles. The fourth-order valence-corrected chi connectivity index (χ4v) is 0.874. The highest BCUT2D eigenvalue weighted by molar-refractivity contribution is 5.48. The molecule has 58 valence electrons. The van der Waals surface area contributed by atoms with Crippen molar-refractivity contribution in [3.05, 3.63) is 35.7 Å². The van der Waals surface area contributed by atoms with Gasteiger partial charge in [-0.15, -0.1) is 0 Å². The molecule has 1 aromatic heterocycles. The molecular formula is C9H12N2. The van der Waals surface area contributed by atoms with Crippen molar-refractivity contribution in [3.63, 3.8) is 0 Å². The van der Waals surface area contributed by atoms with Crippen molar-refractivity contribution in [2.24, 2.45) is 5.73 Å². The van der Waals surface area contributed by atoms with Crippen molar-refractivity contribution in [1.29, 1.82) is 0 Å². The van der Waals surface area contributed by atoms with E-state index in [-0.39, 0.29) is 0 Å². The summed E-state index contributed by atoms with van der Waals surface area (Å²) in [6.07, 6.45) is 7.54. The molecule has 0 atom stereocenters. The summed E-state index contributed by atoms with van der Waals surface area (Å²) in [6, 6.07) is 2.07. The van der Waals surface area contributed by atoms with Gasteiger partial charge >= 0.3 is 0 Å². The van der Waals surface area contributed by atoms with Gasteiger partial charge in [0.1, 0.15) is 0 Å². The zero-order valence-corrected chi connectivity index (χ0v) is 6.62. The quantitative estimate of drug-likeness (QED) is 0.687. The maximum atomic E-state index is 5.31. The van der Waals surface area contributed by atoms with Crippen LogP contribution in [-0.2, 0) is 0 Å². The highest BCUT2D eigenvalue weighted by Crippen LogP contribution is 2.02. The smallest absolute Gasteiger partial charge is 0.0340 e. The van der Waals surface area contributed by atoms with E-state index in [4.69, 9.17) is 5.73 Å². The molecule has 0 fully saturated rings. The third-order valence-corrected chi connectivity index (χ3v) is 1.34. The number of nitrogens with two attached hydrogens (primary N) is 1. The first-order chi connectivity index (χ1) is 5.33. The SMILES string of the molecule is Cc1cncc(C=CCN)c1. The summed E-state index contributed by atoms with van der Waals surface area (Å²) in [5.74, 6) is 0. The topological polar surface area (TPSA) is 38.9 Å². The Morgan fingerprint density at radius 3 is 3.00 bits per heavy atom. The number of pyridine rings is 1. The molecule has 0 bridgehead atoms. The first-order valence-electron chi connectivity index (χ1n) is 3.61. The van der Waals surface area contributed by atoms with Crippen LogP contribution in [0.5, 0.6) is 0 Å². The van der Waals surface area contributed by atoms with Crippen LogP contribution < -0.4 is 5.73 Å². The predicted octanol–water partition coefficient (Wildman–Crippen LogP) is 1.36. The van der Waals surface area contributed by atoms with E-state index in [0.717, 1.165) is 5.56 Å². The van der Waals surface area contributed by atoms with Gasteiger partial charge in [0.05, 0.1) is 0 Å². The van der Waals surface area contributed by atoms with Crippen molar-refractivity contribution >= 4 is 6.08 Å². The highest BCUT2D eigenvalue weighted by atomic mass is 14.6. The molecule has 1 heterocycles. The molecule has 2 nitrogen and oxygen atoms in total. The van der Waals surface area contributed by atoms with Crippen LogP contribution in [0.3, 0.4) is 0 Å². The Balaban J connectivity index is 2.79. The van der Waals surface area contributed by atoms with Crippen LogP contribution >= 0.6 is 0 Å². The summed E-state index contributed by atoms with van der Waals surface area (Å²) in [5.41, 5.74) is 7.58. The highest BCUT2D eigenvalue weighted by Gasteiger charge is 1.86. The maximum absolute atomic E-state index is 5.31. The van der Waals surface area contributed by atoms with Gasteiger partial charge in [0.25, 0.3) is 0 Å². The van der Waals surface area contributed by atoms with Crippen LogP contribution in [0.25, 0.3) is 6.08 Å². The zero-order chi connectivity index (χ0) is 8.10. The van der Waals surface area contributed by atoms with Gasteiger partial charge in [-0.1, -0.05) is 12.2 Å². The maximum Gasteiger partial charge on any atom is 0.0340 e. The van der Waals surface area contributed by atoms with Gasteiger partial charge in [-0.2, -0.15) is 0 Å². The summed E-state index contributed by atoms with van der Waals surface area (Å²) in [4.78, 5) is 4.05.